The summed E-state index contributed by atoms with van der Waals surface area (Å²) in [6, 6.07) is 0. The van der Waals surface area contributed by atoms with Gasteiger partial charge < -0.3 is 16.4 Å². The first-order valence-corrected chi connectivity index (χ1v) is 6.26. The maximum Gasteiger partial charge on any atom is 0.227 e. The van der Waals surface area contributed by atoms with E-state index in [9.17, 15) is 4.79 Å². The lowest BCUT2D eigenvalue weighted by molar-refractivity contribution is -0.128. The summed E-state index contributed by atoms with van der Waals surface area (Å²) >= 11 is 0. The van der Waals surface area contributed by atoms with Crippen molar-refractivity contribution in [2.45, 2.75) is 40.5 Å². The Labute approximate surface area is 127 Å². The molecule has 0 aromatic rings. The molecule has 0 fully saturated rings. The predicted molar refractivity (Wildman–Crippen MR) is 87.3 cm³/mol. The standard InChI is InChI=1S/C12H26N4O.HI/c1-5-7-8-15-11(13)16-9-12(3,4)10(17)14-6-2;/h5-9H2,1-4H3,(H,14,17)(H3,13,15,16);1H. The van der Waals surface area contributed by atoms with Crippen molar-refractivity contribution < 1.29 is 4.79 Å². The van der Waals surface area contributed by atoms with E-state index in [1.54, 1.807) is 0 Å². The fraction of sp³-hybridized carbons (Fsp3) is 0.833. The Morgan fingerprint density at radius 2 is 1.89 bits per heavy atom. The minimum Gasteiger partial charge on any atom is -0.370 e. The zero-order valence-corrected chi connectivity index (χ0v) is 14.2. The molecule has 0 aromatic heterocycles. The molecule has 0 spiro atoms. The molecule has 0 aliphatic heterocycles. The fourth-order valence-corrected chi connectivity index (χ4v) is 1.20. The molecule has 0 radical (unpaired) electrons. The van der Waals surface area contributed by atoms with Crippen LogP contribution in [0.1, 0.15) is 40.5 Å². The SMILES string of the molecule is CCCCNC(N)=NCC(C)(C)C(=O)NCC.I. The minimum absolute atomic E-state index is 0. The van der Waals surface area contributed by atoms with Crippen molar-refractivity contribution in [1.82, 2.24) is 10.6 Å². The van der Waals surface area contributed by atoms with Gasteiger partial charge in [0.15, 0.2) is 5.96 Å². The number of amides is 1. The van der Waals surface area contributed by atoms with Crippen LogP contribution in [0.4, 0.5) is 0 Å². The molecule has 0 atom stereocenters. The third-order valence-corrected chi connectivity index (χ3v) is 2.43. The van der Waals surface area contributed by atoms with E-state index in [0.717, 1.165) is 19.4 Å². The molecular weight excluding hydrogens is 343 g/mol. The van der Waals surface area contributed by atoms with Gasteiger partial charge in [-0.05, 0) is 27.2 Å². The van der Waals surface area contributed by atoms with Crippen LogP contribution < -0.4 is 16.4 Å². The number of halogens is 1. The molecule has 4 N–H and O–H groups in total. The predicted octanol–water partition coefficient (Wildman–Crippen LogP) is 1.47. The lowest BCUT2D eigenvalue weighted by Crippen LogP contribution is -2.40. The summed E-state index contributed by atoms with van der Waals surface area (Å²) in [5, 5.41) is 5.82. The number of nitrogens with zero attached hydrogens (tertiary/aromatic N) is 1. The number of aliphatic imine (C=N–C) groups is 1. The van der Waals surface area contributed by atoms with Gasteiger partial charge in [0.1, 0.15) is 0 Å². The molecule has 0 rings (SSSR count). The lowest BCUT2D eigenvalue weighted by atomic mass is 9.92. The Balaban J connectivity index is 0. The summed E-state index contributed by atoms with van der Waals surface area (Å²) in [5.41, 5.74) is 5.18. The summed E-state index contributed by atoms with van der Waals surface area (Å²) in [7, 11) is 0. The Kier molecular flexibility index (Phi) is 11.4. The topological polar surface area (TPSA) is 79.5 Å². The first-order chi connectivity index (χ1) is 7.94. The number of carbonyl (C=O) groups is 1. The van der Waals surface area contributed by atoms with Crippen molar-refractivity contribution >= 4 is 35.8 Å². The first kappa shape index (κ1) is 19.8. The van der Waals surface area contributed by atoms with Crippen molar-refractivity contribution in [2.75, 3.05) is 19.6 Å². The largest absolute Gasteiger partial charge is 0.370 e. The molecular formula is C12H27IN4O. The molecule has 5 nitrogen and oxygen atoms in total. The van der Waals surface area contributed by atoms with Gasteiger partial charge in [0.05, 0.1) is 12.0 Å². The van der Waals surface area contributed by atoms with Gasteiger partial charge in [-0.2, -0.15) is 0 Å². The van der Waals surface area contributed by atoms with Gasteiger partial charge in [0, 0.05) is 13.1 Å². The van der Waals surface area contributed by atoms with E-state index >= 15 is 0 Å². The van der Waals surface area contributed by atoms with Crippen LogP contribution in [-0.4, -0.2) is 31.5 Å². The number of hydrogen-bond acceptors (Lipinski definition) is 2. The zero-order chi connectivity index (χ0) is 13.3. The molecule has 0 bridgehead atoms. The molecule has 0 saturated carbocycles. The highest BCUT2D eigenvalue weighted by Gasteiger charge is 2.26. The molecule has 0 aliphatic carbocycles. The van der Waals surface area contributed by atoms with E-state index in [-0.39, 0.29) is 29.9 Å². The number of hydrogen-bond donors (Lipinski definition) is 3. The van der Waals surface area contributed by atoms with E-state index < -0.39 is 5.41 Å². The molecule has 18 heavy (non-hydrogen) atoms. The zero-order valence-electron chi connectivity index (χ0n) is 11.9. The Hall–Kier alpha value is -0.530. The summed E-state index contributed by atoms with van der Waals surface area (Å²) in [6.45, 7) is 9.60. The normalized spacial score (nSPS) is 11.7. The fourth-order valence-electron chi connectivity index (χ4n) is 1.20. The van der Waals surface area contributed by atoms with Gasteiger partial charge in [-0.3, -0.25) is 9.79 Å². The van der Waals surface area contributed by atoms with E-state index in [4.69, 9.17) is 5.73 Å². The quantitative estimate of drug-likeness (QED) is 0.275. The monoisotopic (exact) mass is 370 g/mol. The van der Waals surface area contributed by atoms with Gasteiger partial charge >= 0.3 is 0 Å². The van der Waals surface area contributed by atoms with Crippen molar-refractivity contribution in [2.24, 2.45) is 16.1 Å². The van der Waals surface area contributed by atoms with Crippen molar-refractivity contribution in [3.63, 3.8) is 0 Å². The highest BCUT2D eigenvalue weighted by Crippen LogP contribution is 2.15. The molecule has 0 unspecified atom stereocenters. The van der Waals surface area contributed by atoms with Crippen LogP contribution in [0, 0.1) is 5.41 Å². The molecule has 6 heteroatoms. The second kappa shape index (κ2) is 10.4. The Bertz CT molecular complexity index is 267. The molecule has 0 heterocycles. The first-order valence-electron chi connectivity index (χ1n) is 6.26. The van der Waals surface area contributed by atoms with Crippen LogP contribution in [0.2, 0.25) is 0 Å². The smallest absolute Gasteiger partial charge is 0.227 e. The average Bonchev–Trinajstić information content (AvgIpc) is 2.27. The number of unbranched alkanes of at least 4 members (excludes halogenated alkanes) is 1. The summed E-state index contributed by atoms with van der Waals surface area (Å²) in [6.07, 6.45) is 2.18. The molecule has 0 saturated heterocycles. The maximum absolute atomic E-state index is 11.7. The minimum atomic E-state index is -0.521. The summed E-state index contributed by atoms with van der Waals surface area (Å²) < 4.78 is 0. The van der Waals surface area contributed by atoms with E-state index in [1.165, 1.54) is 0 Å². The number of nitrogens with one attached hydrogen (secondary N) is 2. The third-order valence-electron chi connectivity index (χ3n) is 2.43. The van der Waals surface area contributed by atoms with Crippen LogP contribution >= 0.6 is 24.0 Å². The maximum atomic E-state index is 11.7. The summed E-state index contributed by atoms with van der Waals surface area (Å²) in [5.74, 6) is 0.418. The van der Waals surface area contributed by atoms with Crippen LogP contribution in [0.5, 0.6) is 0 Å². The highest BCUT2D eigenvalue weighted by atomic mass is 127. The van der Waals surface area contributed by atoms with Gasteiger partial charge in [0.25, 0.3) is 0 Å². The van der Waals surface area contributed by atoms with E-state index in [2.05, 4.69) is 22.5 Å². The third kappa shape index (κ3) is 8.54. The average molecular weight is 370 g/mol. The number of guanidine groups is 1. The molecule has 0 aliphatic rings. The Morgan fingerprint density at radius 3 is 2.39 bits per heavy atom. The van der Waals surface area contributed by atoms with E-state index in [0.29, 0.717) is 19.0 Å². The molecule has 0 aromatic carbocycles. The van der Waals surface area contributed by atoms with Gasteiger partial charge in [-0.1, -0.05) is 13.3 Å². The second-order valence-electron chi connectivity index (χ2n) is 4.73. The Morgan fingerprint density at radius 1 is 1.28 bits per heavy atom. The van der Waals surface area contributed by atoms with Crippen LogP contribution in [0.3, 0.4) is 0 Å². The molecule has 108 valence electrons. The van der Waals surface area contributed by atoms with Crippen LogP contribution in [0.15, 0.2) is 4.99 Å². The second-order valence-corrected chi connectivity index (χ2v) is 4.73. The number of rotatable bonds is 7. The van der Waals surface area contributed by atoms with Crippen molar-refractivity contribution in [3.8, 4) is 0 Å². The van der Waals surface area contributed by atoms with Gasteiger partial charge in [-0.15, -0.1) is 24.0 Å². The van der Waals surface area contributed by atoms with E-state index in [1.807, 2.05) is 20.8 Å². The summed E-state index contributed by atoms with van der Waals surface area (Å²) in [4.78, 5) is 15.9. The van der Waals surface area contributed by atoms with Crippen LogP contribution in [-0.2, 0) is 4.79 Å². The van der Waals surface area contributed by atoms with Gasteiger partial charge in [0.2, 0.25) is 5.91 Å². The van der Waals surface area contributed by atoms with Crippen molar-refractivity contribution in [3.05, 3.63) is 0 Å². The highest BCUT2D eigenvalue weighted by molar-refractivity contribution is 14.0. The number of carbonyl (C=O) groups excluding carboxylic acids is 1. The number of nitrogens with two attached hydrogens (primary N) is 1. The van der Waals surface area contributed by atoms with Crippen molar-refractivity contribution in [1.29, 1.82) is 0 Å². The lowest BCUT2D eigenvalue weighted by Gasteiger charge is -2.21. The van der Waals surface area contributed by atoms with Gasteiger partial charge in [-0.25, -0.2) is 0 Å². The van der Waals surface area contributed by atoms with Crippen LogP contribution in [0.25, 0.3) is 0 Å². The molecule has 1 amide bonds.